The summed E-state index contributed by atoms with van der Waals surface area (Å²) >= 11 is 6.38. The minimum absolute atomic E-state index is 0.0301. The van der Waals surface area contributed by atoms with E-state index in [1.807, 2.05) is 0 Å². The molecule has 3 N–H and O–H groups in total. The number of alkyl halides is 4. The monoisotopic (exact) mass is 584 g/mol. The van der Waals surface area contributed by atoms with Gasteiger partial charge in [0.15, 0.2) is 0 Å². The molecule has 0 spiro atoms. The Morgan fingerprint density at radius 1 is 1.05 bits per heavy atom. The maximum atomic E-state index is 14.3. The lowest BCUT2D eigenvalue weighted by atomic mass is 9.82. The van der Waals surface area contributed by atoms with Crippen molar-refractivity contribution in [1.29, 1.82) is 0 Å². The summed E-state index contributed by atoms with van der Waals surface area (Å²) in [5, 5.41) is 9.25. The number of hydrazine groups is 1. The molecule has 5 rings (SSSR count). The summed E-state index contributed by atoms with van der Waals surface area (Å²) in [6.45, 7) is 4.10. The van der Waals surface area contributed by atoms with Gasteiger partial charge in [0.05, 0.1) is 29.3 Å². The van der Waals surface area contributed by atoms with Gasteiger partial charge in [0.1, 0.15) is 15.9 Å². The van der Waals surface area contributed by atoms with Crippen LogP contribution in [0.15, 0.2) is 0 Å². The first-order valence-corrected chi connectivity index (χ1v) is 16.1. The number of carbonyl (C=O) groups excluding carboxylic acids is 1. The number of hydrogen-bond donors (Lipinski definition) is 3. The van der Waals surface area contributed by atoms with Crippen LogP contribution in [0.3, 0.4) is 0 Å². The number of carbonyl (C=O) groups is 1. The SMILES string of the molecule is CC1CCN(C2CCC([C@H](N(C)C(=O)C3CCS(=O)(=O)CC3)C(F)(F)F)CN2)C2CNC3CC(Cl)NN3C12. The minimum Gasteiger partial charge on any atom is -0.333 e. The molecule has 14 heteroatoms. The maximum Gasteiger partial charge on any atom is 0.409 e. The Morgan fingerprint density at radius 3 is 2.37 bits per heavy atom. The van der Waals surface area contributed by atoms with Crippen LogP contribution >= 0.6 is 11.6 Å². The zero-order valence-corrected chi connectivity index (χ0v) is 23.5. The highest BCUT2D eigenvalue weighted by Crippen LogP contribution is 2.38. The molecule has 1 amide bonds. The zero-order valence-electron chi connectivity index (χ0n) is 22.0. The second kappa shape index (κ2) is 10.9. The van der Waals surface area contributed by atoms with Gasteiger partial charge >= 0.3 is 6.18 Å². The van der Waals surface area contributed by atoms with Crippen molar-refractivity contribution in [2.45, 2.75) is 87.6 Å². The lowest BCUT2D eigenvalue weighted by Gasteiger charge is -2.55. The molecule has 9 nitrogen and oxygen atoms in total. The van der Waals surface area contributed by atoms with Gasteiger partial charge in [-0.1, -0.05) is 6.92 Å². The van der Waals surface area contributed by atoms with Gasteiger partial charge in [-0.25, -0.2) is 18.9 Å². The van der Waals surface area contributed by atoms with E-state index < -0.39 is 39.8 Å². The summed E-state index contributed by atoms with van der Waals surface area (Å²) in [4.78, 5) is 16.3. The van der Waals surface area contributed by atoms with Gasteiger partial charge in [-0.15, -0.1) is 11.6 Å². The van der Waals surface area contributed by atoms with E-state index in [1.165, 1.54) is 7.05 Å². The average molecular weight is 585 g/mol. The molecule has 0 aromatic heterocycles. The van der Waals surface area contributed by atoms with E-state index in [2.05, 4.69) is 32.9 Å². The van der Waals surface area contributed by atoms with Gasteiger partial charge in [0.2, 0.25) is 5.91 Å². The quantitative estimate of drug-likeness (QED) is 0.336. The molecule has 0 aromatic rings. The standard InChI is InChI=1S/C24H40ClF3N6O3S/c1-14-5-8-33(17-13-30-20-11-18(25)31-34(20)21(14)17)19-4-3-16(12-29-19)22(24(26,27)28)32(2)23(35)15-6-9-38(36,37)10-7-15/h14-22,29-31H,3-13H2,1-2H3/t14?,16?,17?,18?,19?,20?,21?,22-/m0/s1. The van der Waals surface area contributed by atoms with Crippen molar-refractivity contribution in [2.75, 3.05) is 38.2 Å². The van der Waals surface area contributed by atoms with Gasteiger partial charge in [-0.3, -0.25) is 15.0 Å². The highest BCUT2D eigenvalue weighted by molar-refractivity contribution is 7.91. The smallest absolute Gasteiger partial charge is 0.333 e. The summed E-state index contributed by atoms with van der Waals surface area (Å²) in [6, 6.07) is -1.42. The third-order valence-electron chi connectivity index (χ3n) is 9.46. The van der Waals surface area contributed by atoms with Crippen LogP contribution in [0.25, 0.3) is 0 Å². The molecule has 5 aliphatic rings. The highest BCUT2D eigenvalue weighted by Gasteiger charge is 2.53. The van der Waals surface area contributed by atoms with E-state index in [9.17, 15) is 26.4 Å². The average Bonchev–Trinajstić information content (AvgIpc) is 3.24. The molecule has 0 radical (unpaired) electrons. The van der Waals surface area contributed by atoms with Crippen molar-refractivity contribution in [1.82, 2.24) is 30.9 Å². The molecule has 0 aliphatic carbocycles. The van der Waals surface area contributed by atoms with E-state index in [0.29, 0.717) is 18.8 Å². The zero-order chi connectivity index (χ0) is 27.4. The summed E-state index contributed by atoms with van der Waals surface area (Å²) in [6.07, 6.45) is -1.50. The topological polar surface area (TPSA) is 97.0 Å². The van der Waals surface area contributed by atoms with E-state index in [4.69, 9.17) is 11.6 Å². The Balaban J connectivity index is 1.23. The number of halogens is 4. The second-order valence-corrected chi connectivity index (χ2v) is 14.7. The van der Waals surface area contributed by atoms with Crippen LogP contribution in [0.2, 0.25) is 0 Å². The fraction of sp³-hybridized carbons (Fsp3) is 0.958. The third-order valence-corrected chi connectivity index (χ3v) is 11.5. The van der Waals surface area contributed by atoms with Crippen molar-refractivity contribution in [3.63, 3.8) is 0 Å². The molecule has 5 fully saturated rings. The van der Waals surface area contributed by atoms with Gasteiger partial charge in [0, 0.05) is 57.0 Å². The van der Waals surface area contributed by atoms with Crippen LogP contribution in [-0.2, 0) is 14.6 Å². The number of piperidine rings is 2. The number of nitrogens with one attached hydrogen (secondary N) is 3. The highest BCUT2D eigenvalue weighted by atomic mass is 35.5. The second-order valence-electron chi connectivity index (χ2n) is 11.8. The van der Waals surface area contributed by atoms with E-state index in [1.54, 1.807) is 0 Å². The molecule has 5 heterocycles. The Bertz CT molecular complexity index is 968. The Morgan fingerprint density at radius 2 is 1.74 bits per heavy atom. The van der Waals surface area contributed by atoms with Gasteiger partial charge in [-0.05, 0) is 38.0 Å². The Kier molecular flexibility index (Phi) is 8.30. The van der Waals surface area contributed by atoms with Crippen molar-refractivity contribution in [2.24, 2.45) is 17.8 Å². The van der Waals surface area contributed by atoms with Gasteiger partial charge in [-0.2, -0.15) is 13.2 Å². The molecule has 7 unspecified atom stereocenters. The molecule has 0 bridgehead atoms. The number of sulfone groups is 1. The predicted molar refractivity (Wildman–Crippen MR) is 138 cm³/mol. The lowest BCUT2D eigenvalue weighted by molar-refractivity contribution is -0.202. The van der Waals surface area contributed by atoms with Crippen LogP contribution < -0.4 is 16.1 Å². The summed E-state index contributed by atoms with van der Waals surface area (Å²) in [7, 11) is -1.98. The summed E-state index contributed by atoms with van der Waals surface area (Å²) in [5.74, 6) is -1.87. The Hall–Kier alpha value is -0.700. The Labute approximate surface area is 228 Å². The lowest BCUT2D eigenvalue weighted by Crippen LogP contribution is -2.73. The molecular formula is C24H40ClF3N6O3S. The number of likely N-dealkylation sites (tertiary alicyclic amines) is 1. The van der Waals surface area contributed by atoms with Crippen LogP contribution in [0.4, 0.5) is 13.2 Å². The molecule has 38 heavy (non-hydrogen) atoms. The normalized spacial score (nSPS) is 39.8. The summed E-state index contributed by atoms with van der Waals surface area (Å²) in [5.41, 5.74) is 3.28. The largest absolute Gasteiger partial charge is 0.409 e. The number of hydrogen-bond acceptors (Lipinski definition) is 8. The third kappa shape index (κ3) is 5.71. The fourth-order valence-corrected chi connectivity index (χ4v) is 9.25. The van der Waals surface area contributed by atoms with Crippen molar-refractivity contribution in [3.8, 4) is 0 Å². The maximum absolute atomic E-state index is 14.3. The van der Waals surface area contributed by atoms with E-state index in [-0.39, 0.29) is 60.8 Å². The van der Waals surface area contributed by atoms with E-state index >= 15 is 0 Å². The van der Waals surface area contributed by atoms with E-state index in [0.717, 1.165) is 30.8 Å². The van der Waals surface area contributed by atoms with Crippen LogP contribution in [0, 0.1) is 17.8 Å². The number of fused-ring (bicyclic) bond motifs is 3. The minimum atomic E-state index is -4.57. The predicted octanol–water partition coefficient (Wildman–Crippen LogP) is 1.31. The van der Waals surface area contributed by atoms with Crippen molar-refractivity contribution in [3.05, 3.63) is 0 Å². The van der Waals surface area contributed by atoms with Gasteiger partial charge < -0.3 is 10.2 Å². The first-order valence-electron chi connectivity index (χ1n) is 13.8. The molecule has 0 aromatic carbocycles. The number of amides is 1. The van der Waals surface area contributed by atoms with Crippen molar-refractivity contribution >= 4 is 27.3 Å². The molecule has 8 atom stereocenters. The van der Waals surface area contributed by atoms with Crippen LogP contribution in [-0.4, -0.2) is 109 Å². The fourth-order valence-electron chi connectivity index (χ4n) is 7.48. The van der Waals surface area contributed by atoms with Crippen LogP contribution in [0.5, 0.6) is 0 Å². The van der Waals surface area contributed by atoms with Crippen LogP contribution in [0.1, 0.15) is 45.4 Å². The molecular weight excluding hydrogens is 545 g/mol. The number of nitrogens with zero attached hydrogens (tertiary/aromatic N) is 3. The number of rotatable bonds is 4. The molecule has 0 saturated carbocycles. The van der Waals surface area contributed by atoms with Gasteiger partial charge in [0.25, 0.3) is 0 Å². The first kappa shape index (κ1) is 28.8. The first-order chi connectivity index (χ1) is 17.9. The molecule has 5 aliphatic heterocycles. The molecule has 5 saturated heterocycles. The van der Waals surface area contributed by atoms with Crippen molar-refractivity contribution < 1.29 is 26.4 Å². The summed E-state index contributed by atoms with van der Waals surface area (Å²) < 4.78 is 66.4. The molecule has 218 valence electrons.